The second-order valence-electron chi connectivity index (χ2n) is 5.95. The summed E-state index contributed by atoms with van der Waals surface area (Å²) in [5.41, 5.74) is 2.37. The van der Waals surface area contributed by atoms with E-state index in [2.05, 4.69) is 11.8 Å². The van der Waals surface area contributed by atoms with Crippen LogP contribution in [-0.4, -0.2) is 23.5 Å². The summed E-state index contributed by atoms with van der Waals surface area (Å²) < 4.78 is 13.9. The molecule has 0 amide bonds. The van der Waals surface area contributed by atoms with E-state index in [1.54, 1.807) is 6.07 Å². The number of aryl methyl sites for hydroxylation is 1. The molecular weight excluding hydrogens is 213 g/mol. The van der Waals surface area contributed by atoms with Gasteiger partial charge in [-0.1, -0.05) is 12.1 Å². The van der Waals surface area contributed by atoms with Crippen molar-refractivity contribution in [2.24, 2.45) is 0 Å². The van der Waals surface area contributed by atoms with Gasteiger partial charge < -0.3 is 0 Å². The lowest BCUT2D eigenvalue weighted by Gasteiger charge is -2.23. The van der Waals surface area contributed by atoms with Crippen molar-refractivity contribution < 1.29 is 4.39 Å². The van der Waals surface area contributed by atoms with Gasteiger partial charge in [-0.05, 0) is 56.8 Å². The molecule has 0 aromatic heterocycles. The second-order valence-corrected chi connectivity index (χ2v) is 5.95. The molecule has 1 saturated carbocycles. The van der Waals surface area contributed by atoms with Gasteiger partial charge in [0.05, 0.1) is 0 Å². The third kappa shape index (κ3) is 1.99. The van der Waals surface area contributed by atoms with Crippen LogP contribution in [0.5, 0.6) is 0 Å². The highest BCUT2D eigenvalue weighted by Gasteiger charge is 2.46. The summed E-state index contributed by atoms with van der Waals surface area (Å²) in [6.07, 6.45) is 3.74. The zero-order valence-electron chi connectivity index (χ0n) is 10.7. The Morgan fingerprint density at radius 2 is 2.12 bits per heavy atom. The predicted molar refractivity (Wildman–Crippen MR) is 67.7 cm³/mol. The first kappa shape index (κ1) is 11.2. The quantitative estimate of drug-likeness (QED) is 0.756. The second kappa shape index (κ2) is 3.81. The molecule has 1 aliphatic carbocycles. The van der Waals surface area contributed by atoms with Crippen molar-refractivity contribution in [2.45, 2.75) is 44.6 Å². The number of hydrogen-bond donors (Lipinski definition) is 0. The summed E-state index contributed by atoms with van der Waals surface area (Å²) in [7, 11) is 0. The fraction of sp³-hybridized carbons (Fsp3) is 0.600. The third-order valence-corrected chi connectivity index (χ3v) is 4.52. The lowest BCUT2D eigenvalue weighted by atomic mass is 9.97. The van der Waals surface area contributed by atoms with Crippen LogP contribution < -0.4 is 0 Å². The highest BCUT2D eigenvalue weighted by molar-refractivity contribution is 5.28. The normalized spacial score (nSPS) is 27.4. The molecule has 1 heterocycles. The fourth-order valence-corrected chi connectivity index (χ4v) is 2.96. The molecule has 1 nitrogen and oxygen atoms in total. The SMILES string of the molecule is Cc1ccc(C2CCN(C3(C)CC3)C2)c(F)c1. The minimum atomic E-state index is -0.0159. The highest BCUT2D eigenvalue weighted by Crippen LogP contribution is 2.45. The Morgan fingerprint density at radius 1 is 1.35 bits per heavy atom. The van der Waals surface area contributed by atoms with E-state index in [9.17, 15) is 4.39 Å². The first-order chi connectivity index (χ1) is 8.08. The summed E-state index contributed by atoms with van der Waals surface area (Å²) in [6.45, 7) is 6.45. The molecular formula is C15H20FN. The van der Waals surface area contributed by atoms with Crippen LogP contribution in [0.4, 0.5) is 4.39 Å². The number of benzene rings is 1. The first-order valence-electron chi connectivity index (χ1n) is 6.60. The molecule has 1 unspecified atom stereocenters. The Labute approximate surface area is 103 Å². The maximum Gasteiger partial charge on any atom is 0.126 e. The van der Waals surface area contributed by atoms with E-state index in [-0.39, 0.29) is 5.82 Å². The number of hydrogen-bond acceptors (Lipinski definition) is 1. The van der Waals surface area contributed by atoms with E-state index in [0.717, 1.165) is 30.6 Å². The largest absolute Gasteiger partial charge is 0.297 e. The molecule has 1 saturated heterocycles. The van der Waals surface area contributed by atoms with Crippen molar-refractivity contribution in [1.29, 1.82) is 0 Å². The van der Waals surface area contributed by atoms with Gasteiger partial charge in [0.25, 0.3) is 0 Å². The lowest BCUT2D eigenvalue weighted by Crippen LogP contribution is -2.32. The van der Waals surface area contributed by atoms with Crippen LogP contribution in [0.25, 0.3) is 0 Å². The number of rotatable bonds is 2. The number of likely N-dealkylation sites (tertiary alicyclic amines) is 1. The zero-order chi connectivity index (χ0) is 12.0. The summed E-state index contributed by atoms with van der Waals surface area (Å²) in [5, 5.41) is 0. The van der Waals surface area contributed by atoms with Gasteiger partial charge in [0.15, 0.2) is 0 Å². The minimum absolute atomic E-state index is 0.0159. The smallest absolute Gasteiger partial charge is 0.126 e. The monoisotopic (exact) mass is 233 g/mol. The molecule has 17 heavy (non-hydrogen) atoms. The van der Waals surface area contributed by atoms with E-state index in [1.165, 1.54) is 12.8 Å². The van der Waals surface area contributed by atoms with Crippen LogP contribution in [0, 0.1) is 12.7 Å². The minimum Gasteiger partial charge on any atom is -0.297 e. The lowest BCUT2D eigenvalue weighted by molar-refractivity contribution is 0.236. The summed E-state index contributed by atoms with van der Waals surface area (Å²) in [6, 6.07) is 5.67. The molecule has 1 aromatic carbocycles. The first-order valence-corrected chi connectivity index (χ1v) is 6.60. The predicted octanol–water partition coefficient (Wildman–Crippen LogP) is 3.48. The maximum absolute atomic E-state index is 13.9. The maximum atomic E-state index is 13.9. The van der Waals surface area contributed by atoms with Crippen LogP contribution in [0.2, 0.25) is 0 Å². The third-order valence-electron chi connectivity index (χ3n) is 4.52. The Kier molecular flexibility index (Phi) is 2.51. The topological polar surface area (TPSA) is 3.24 Å². The molecule has 0 spiro atoms. The summed E-state index contributed by atoms with van der Waals surface area (Å²) >= 11 is 0. The standard InChI is InChI=1S/C15H20FN/c1-11-3-4-13(14(16)9-11)12-5-8-17(10-12)15(2)6-7-15/h3-4,9,12H,5-8,10H2,1-2H3. The molecule has 1 aromatic rings. The van der Waals surface area contributed by atoms with Gasteiger partial charge in [-0.2, -0.15) is 0 Å². The Balaban J connectivity index is 1.77. The van der Waals surface area contributed by atoms with E-state index in [4.69, 9.17) is 0 Å². The Morgan fingerprint density at radius 3 is 2.76 bits per heavy atom. The molecule has 2 fully saturated rings. The van der Waals surface area contributed by atoms with Crippen molar-refractivity contribution in [2.75, 3.05) is 13.1 Å². The molecule has 1 atom stereocenters. The molecule has 3 rings (SSSR count). The zero-order valence-corrected chi connectivity index (χ0v) is 10.7. The van der Waals surface area contributed by atoms with Crippen molar-refractivity contribution in [3.05, 3.63) is 35.1 Å². The molecule has 2 aliphatic rings. The molecule has 1 aliphatic heterocycles. The van der Waals surface area contributed by atoms with Crippen molar-refractivity contribution in [1.82, 2.24) is 4.90 Å². The van der Waals surface area contributed by atoms with E-state index < -0.39 is 0 Å². The number of halogens is 1. The van der Waals surface area contributed by atoms with E-state index in [0.29, 0.717) is 11.5 Å². The van der Waals surface area contributed by atoms with Gasteiger partial charge in [0.2, 0.25) is 0 Å². The highest BCUT2D eigenvalue weighted by atomic mass is 19.1. The van der Waals surface area contributed by atoms with Gasteiger partial charge in [-0.15, -0.1) is 0 Å². The molecule has 2 heteroatoms. The van der Waals surface area contributed by atoms with Crippen LogP contribution in [0.15, 0.2) is 18.2 Å². The van der Waals surface area contributed by atoms with Gasteiger partial charge in [-0.25, -0.2) is 4.39 Å². The fourth-order valence-electron chi connectivity index (χ4n) is 2.96. The van der Waals surface area contributed by atoms with Crippen molar-refractivity contribution in [3.8, 4) is 0 Å². The molecule has 0 bridgehead atoms. The summed E-state index contributed by atoms with van der Waals surface area (Å²) in [4.78, 5) is 2.55. The van der Waals surface area contributed by atoms with Crippen molar-refractivity contribution in [3.63, 3.8) is 0 Å². The van der Waals surface area contributed by atoms with Crippen LogP contribution in [0.3, 0.4) is 0 Å². The summed E-state index contributed by atoms with van der Waals surface area (Å²) in [5.74, 6) is 0.380. The van der Waals surface area contributed by atoms with Crippen LogP contribution in [0.1, 0.15) is 43.2 Å². The van der Waals surface area contributed by atoms with Crippen LogP contribution in [-0.2, 0) is 0 Å². The number of nitrogens with zero attached hydrogens (tertiary/aromatic N) is 1. The van der Waals surface area contributed by atoms with Gasteiger partial charge in [0, 0.05) is 18.0 Å². The average molecular weight is 233 g/mol. The molecule has 92 valence electrons. The van der Waals surface area contributed by atoms with Crippen molar-refractivity contribution >= 4 is 0 Å². The van der Waals surface area contributed by atoms with E-state index in [1.807, 2.05) is 19.1 Å². The molecule has 0 N–H and O–H groups in total. The van der Waals surface area contributed by atoms with Gasteiger partial charge >= 0.3 is 0 Å². The van der Waals surface area contributed by atoms with Crippen LogP contribution >= 0.6 is 0 Å². The van der Waals surface area contributed by atoms with Gasteiger partial charge in [-0.3, -0.25) is 4.90 Å². The molecule has 0 radical (unpaired) electrons. The van der Waals surface area contributed by atoms with Gasteiger partial charge in [0.1, 0.15) is 5.82 Å². The van der Waals surface area contributed by atoms with E-state index >= 15 is 0 Å². The average Bonchev–Trinajstić information content (AvgIpc) is 2.85. The Bertz CT molecular complexity index is 437. The Hall–Kier alpha value is -0.890.